The second-order valence-corrected chi connectivity index (χ2v) is 2.55. The van der Waals surface area contributed by atoms with Crippen molar-refractivity contribution in [3.05, 3.63) is 24.3 Å². The van der Waals surface area contributed by atoms with Gasteiger partial charge >= 0.3 is 17.9 Å². The van der Waals surface area contributed by atoms with Crippen LogP contribution in [0.5, 0.6) is 0 Å². The lowest BCUT2D eigenvalue weighted by Gasteiger charge is -1.92. The molecule has 0 aromatic heterocycles. The first-order valence-corrected chi connectivity index (χ1v) is 4.00. The molecule has 0 aliphatic heterocycles. The molecule has 5 N–H and O–H groups in total. The Morgan fingerprint density at radius 1 is 1.00 bits per heavy atom. The van der Waals surface area contributed by atoms with E-state index in [1.807, 2.05) is 0 Å². The van der Waals surface area contributed by atoms with E-state index in [9.17, 15) is 19.2 Å². The summed E-state index contributed by atoms with van der Waals surface area (Å²) < 4.78 is 0. The Bertz CT molecular complexity index is 354. The number of carbonyl (C=O) groups is 4. The van der Waals surface area contributed by atoms with Gasteiger partial charge in [-0.15, -0.1) is 0 Å². The van der Waals surface area contributed by atoms with Gasteiger partial charge in [-0.1, -0.05) is 6.58 Å². The molecule has 0 aromatic rings. The maximum absolute atomic E-state index is 10.1. The molecular weight excluding hydrogens is 234 g/mol. The van der Waals surface area contributed by atoms with Crippen LogP contribution in [0.2, 0.25) is 0 Å². The van der Waals surface area contributed by atoms with Crippen molar-refractivity contribution in [3.8, 4) is 0 Å². The van der Waals surface area contributed by atoms with Gasteiger partial charge in [-0.2, -0.15) is 0 Å². The molecule has 0 bridgehead atoms. The molecule has 94 valence electrons. The number of aliphatic carboxylic acids is 3. The van der Waals surface area contributed by atoms with Crippen LogP contribution < -0.4 is 5.73 Å². The molecule has 0 aromatic carbocycles. The highest BCUT2D eigenvalue weighted by molar-refractivity contribution is 5.95. The Morgan fingerprint density at radius 3 is 1.47 bits per heavy atom. The number of carbonyl (C=O) groups excluding carboxylic acids is 1. The zero-order chi connectivity index (χ0) is 14.0. The van der Waals surface area contributed by atoms with Gasteiger partial charge in [0.05, 0.1) is 6.42 Å². The van der Waals surface area contributed by atoms with Gasteiger partial charge in [-0.3, -0.25) is 9.59 Å². The number of nitrogens with two attached hydrogens (primary N) is 1. The summed E-state index contributed by atoms with van der Waals surface area (Å²) in [7, 11) is 0. The summed E-state index contributed by atoms with van der Waals surface area (Å²) in [5.74, 6) is -4.38. The lowest BCUT2D eigenvalue weighted by Crippen LogP contribution is -2.15. The third kappa shape index (κ3) is 16.1. The van der Waals surface area contributed by atoms with Crippen LogP contribution in [0.4, 0.5) is 0 Å². The fraction of sp³-hybridized carbons (Fsp3) is 0.111. The highest BCUT2D eigenvalue weighted by Gasteiger charge is 2.05. The summed E-state index contributed by atoms with van der Waals surface area (Å²) in [6.45, 7) is 3.14. The molecule has 0 fully saturated rings. The van der Waals surface area contributed by atoms with E-state index in [-0.39, 0.29) is 12.0 Å². The van der Waals surface area contributed by atoms with E-state index in [0.29, 0.717) is 12.2 Å². The molecule has 0 saturated heterocycles. The van der Waals surface area contributed by atoms with E-state index in [2.05, 4.69) is 12.3 Å². The molecule has 0 spiro atoms. The van der Waals surface area contributed by atoms with Crippen LogP contribution in [0.3, 0.4) is 0 Å². The second kappa shape index (κ2) is 8.65. The van der Waals surface area contributed by atoms with Crippen molar-refractivity contribution < 1.29 is 34.5 Å². The maximum Gasteiger partial charge on any atom is 0.328 e. The molecule has 0 radical (unpaired) electrons. The Kier molecular flexibility index (Phi) is 8.54. The SMILES string of the molecule is C=C(CC(=O)O)C(N)=O.O=C(O)/C=C/C(=O)O. The normalized spacial score (nSPS) is 8.94. The van der Waals surface area contributed by atoms with Gasteiger partial charge in [0.25, 0.3) is 0 Å². The molecule has 8 heteroatoms. The van der Waals surface area contributed by atoms with Crippen LogP contribution >= 0.6 is 0 Å². The predicted octanol–water partition coefficient (Wildman–Crippen LogP) is -0.786. The first-order valence-electron chi connectivity index (χ1n) is 4.00. The van der Waals surface area contributed by atoms with Crippen LogP contribution in [0.15, 0.2) is 24.3 Å². The van der Waals surface area contributed by atoms with E-state index in [1.165, 1.54) is 0 Å². The molecule has 0 aliphatic rings. The van der Waals surface area contributed by atoms with E-state index in [0.717, 1.165) is 0 Å². The summed E-state index contributed by atoms with van der Waals surface area (Å²) >= 11 is 0. The Hall–Kier alpha value is -2.64. The summed E-state index contributed by atoms with van der Waals surface area (Å²) in [5, 5.41) is 23.7. The first-order chi connectivity index (χ1) is 7.66. The molecule has 8 nitrogen and oxygen atoms in total. The molecule has 0 rings (SSSR count). The van der Waals surface area contributed by atoms with Crippen molar-refractivity contribution >= 4 is 23.8 Å². The molecule has 17 heavy (non-hydrogen) atoms. The van der Waals surface area contributed by atoms with Crippen molar-refractivity contribution in [2.75, 3.05) is 0 Å². The largest absolute Gasteiger partial charge is 0.481 e. The molecule has 0 saturated carbocycles. The zero-order valence-electron chi connectivity index (χ0n) is 8.62. The van der Waals surface area contributed by atoms with E-state index >= 15 is 0 Å². The molecule has 0 unspecified atom stereocenters. The summed E-state index contributed by atoms with van der Waals surface area (Å²) in [6.07, 6.45) is 0.736. The monoisotopic (exact) mass is 245 g/mol. The number of carboxylic acid groups (broad SMARTS) is 3. The van der Waals surface area contributed by atoms with Crippen molar-refractivity contribution in [1.29, 1.82) is 0 Å². The van der Waals surface area contributed by atoms with Crippen LogP contribution in [0.1, 0.15) is 6.42 Å². The lowest BCUT2D eigenvalue weighted by molar-refractivity contribution is -0.137. The van der Waals surface area contributed by atoms with Gasteiger partial charge in [-0.25, -0.2) is 9.59 Å². The number of rotatable bonds is 5. The fourth-order valence-corrected chi connectivity index (χ4v) is 0.412. The first kappa shape index (κ1) is 16.8. The highest BCUT2D eigenvalue weighted by atomic mass is 16.4. The topological polar surface area (TPSA) is 155 Å². The third-order valence-corrected chi connectivity index (χ3v) is 1.08. The van der Waals surface area contributed by atoms with Gasteiger partial charge in [0, 0.05) is 17.7 Å². The van der Waals surface area contributed by atoms with Crippen molar-refractivity contribution in [2.45, 2.75) is 6.42 Å². The third-order valence-electron chi connectivity index (χ3n) is 1.08. The van der Waals surface area contributed by atoms with Crippen molar-refractivity contribution in [3.63, 3.8) is 0 Å². The van der Waals surface area contributed by atoms with Crippen LogP contribution in [0.25, 0.3) is 0 Å². The van der Waals surface area contributed by atoms with Crippen LogP contribution in [-0.2, 0) is 19.2 Å². The number of amides is 1. The maximum atomic E-state index is 10.1. The zero-order valence-corrected chi connectivity index (χ0v) is 8.62. The van der Waals surface area contributed by atoms with Gasteiger partial charge in [0.15, 0.2) is 0 Å². The average Bonchev–Trinajstić information content (AvgIpc) is 2.14. The molecule has 1 amide bonds. The number of carboxylic acids is 3. The van der Waals surface area contributed by atoms with Crippen molar-refractivity contribution in [2.24, 2.45) is 5.73 Å². The molecule has 0 heterocycles. The minimum Gasteiger partial charge on any atom is -0.481 e. The van der Waals surface area contributed by atoms with Gasteiger partial charge in [0.2, 0.25) is 5.91 Å². The summed E-state index contributed by atoms with van der Waals surface area (Å²) in [6, 6.07) is 0. The van der Waals surface area contributed by atoms with Gasteiger partial charge < -0.3 is 21.1 Å². The molecular formula is C9H11NO7. The van der Waals surface area contributed by atoms with Crippen molar-refractivity contribution in [1.82, 2.24) is 0 Å². The van der Waals surface area contributed by atoms with Gasteiger partial charge in [0.1, 0.15) is 0 Å². The Labute approximate surface area is 95.7 Å². The Morgan fingerprint density at radius 2 is 1.35 bits per heavy atom. The van der Waals surface area contributed by atoms with Gasteiger partial charge in [-0.05, 0) is 0 Å². The summed E-state index contributed by atoms with van der Waals surface area (Å²) in [5.41, 5.74) is 4.60. The van der Waals surface area contributed by atoms with Crippen LogP contribution in [-0.4, -0.2) is 39.1 Å². The summed E-state index contributed by atoms with van der Waals surface area (Å²) in [4.78, 5) is 39.0. The number of hydrogen-bond acceptors (Lipinski definition) is 4. The predicted molar refractivity (Wildman–Crippen MR) is 55.0 cm³/mol. The fourth-order valence-electron chi connectivity index (χ4n) is 0.412. The Balaban J connectivity index is 0. The number of primary amides is 1. The van der Waals surface area contributed by atoms with E-state index in [4.69, 9.17) is 15.3 Å². The minimum absolute atomic E-state index is 0.0810. The van der Waals surface area contributed by atoms with E-state index < -0.39 is 23.8 Å². The van der Waals surface area contributed by atoms with E-state index in [1.54, 1.807) is 0 Å². The molecule has 0 atom stereocenters. The van der Waals surface area contributed by atoms with Crippen LogP contribution in [0, 0.1) is 0 Å². The highest BCUT2D eigenvalue weighted by Crippen LogP contribution is 1.94. The average molecular weight is 245 g/mol. The lowest BCUT2D eigenvalue weighted by atomic mass is 10.2. The quantitative estimate of drug-likeness (QED) is 0.462. The standard InChI is InChI=1S/C5H7NO3.C4H4O4/c1-3(5(6)9)2-4(7)8;5-3(6)1-2-4(7)8/h1-2H2,(H2,6,9)(H,7,8);1-2H,(H,5,6)(H,7,8)/b;2-1+. The minimum atomic E-state index is -1.26. The second-order valence-electron chi connectivity index (χ2n) is 2.55. The smallest absolute Gasteiger partial charge is 0.328 e. The molecule has 0 aliphatic carbocycles. The number of hydrogen-bond donors (Lipinski definition) is 4.